The van der Waals surface area contributed by atoms with Crippen molar-refractivity contribution < 1.29 is 14.6 Å². The zero-order valence-corrected chi connectivity index (χ0v) is 10.7. The molecule has 0 saturated carbocycles. The van der Waals surface area contributed by atoms with Crippen LogP contribution in [0.2, 0.25) is 5.02 Å². The smallest absolute Gasteiger partial charge is 0.330 e. The Kier molecular flexibility index (Phi) is 4.95. The lowest BCUT2D eigenvalue weighted by atomic mass is 10.1. The Bertz CT molecular complexity index is 483. The maximum Gasteiger partial charge on any atom is 0.330 e. The molecule has 0 saturated heterocycles. The summed E-state index contributed by atoms with van der Waals surface area (Å²) in [6.45, 7) is 1.47. The highest BCUT2D eigenvalue weighted by Crippen LogP contribution is 2.21. The molecule has 0 bridgehead atoms. The first kappa shape index (κ1) is 14.3. The topological polar surface area (TPSA) is 82.3 Å². The van der Waals surface area contributed by atoms with E-state index in [0.717, 1.165) is 0 Å². The van der Waals surface area contributed by atoms with Gasteiger partial charge in [0.2, 0.25) is 0 Å². The molecule has 5 nitrogen and oxygen atoms in total. The van der Waals surface area contributed by atoms with E-state index in [4.69, 9.17) is 16.9 Å². The summed E-state index contributed by atoms with van der Waals surface area (Å²) in [5.41, 5.74) is 0.865. The van der Waals surface area contributed by atoms with Crippen molar-refractivity contribution in [2.45, 2.75) is 19.1 Å². The van der Waals surface area contributed by atoms with E-state index >= 15 is 0 Å². The van der Waals surface area contributed by atoms with Crippen LogP contribution in [-0.2, 0) is 9.53 Å². The van der Waals surface area contributed by atoms with E-state index in [1.165, 1.54) is 26.2 Å². The summed E-state index contributed by atoms with van der Waals surface area (Å²) in [4.78, 5) is 11.4. The molecule has 2 unspecified atom stereocenters. The van der Waals surface area contributed by atoms with E-state index in [1.54, 1.807) is 6.07 Å². The predicted octanol–water partition coefficient (Wildman–Crippen LogP) is 1.55. The number of aliphatic hydroxyl groups excluding tert-OH is 1. The predicted molar refractivity (Wildman–Crippen MR) is 67.3 cm³/mol. The average Bonchev–Trinajstić information content (AvgIpc) is 2.35. The fourth-order valence-corrected chi connectivity index (χ4v) is 1.60. The number of nitrogens with one attached hydrogen (secondary N) is 1. The number of anilines is 1. The van der Waals surface area contributed by atoms with Crippen LogP contribution in [0.4, 0.5) is 5.69 Å². The Morgan fingerprint density at radius 3 is 2.72 bits per heavy atom. The normalized spacial score (nSPS) is 13.3. The number of aliphatic hydroxyl groups is 1. The first-order valence-electron chi connectivity index (χ1n) is 5.21. The molecule has 96 valence electrons. The number of benzene rings is 1. The van der Waals surface area contributed by atoms with Crippen LogP contribution in [0, 0.1) is 11.3 Å². The lowest BCUT2D eigenvalue weighted by molar-refractivity contribution is -0.143. The minimum absolute atomic E-state index is 0.275. The van der Waals surface area contributed by atoms with Crippen molar-refractivity contribution in [3.8, 4) is 6.07 Å². The van der Waals surface area contributed by atoms with Gasteiger partial charge in [-0.05, 0) is 25.1 Å². The quantitative estimate of drug-likeness (QED) is 0.810. The molecule has 2 N–H and O–H groups in total. The van der Waals surface area contributed by atoms with Crippen molar-refractivity contribution in [3.05, 3.63) is 28.8 Å². The maximum absolute atomic E-state index is 11.4. The number of halogens is 1. The van der Waals surface area contributed by atoms with Crippen LogP contribution in [0.5, 0.6) is 0 Å². The zero-order chi connectivity index (χ0) is 13.7. The highest BCUT2D eigenvalue weighted by Gasteiger charge is 2.24. The highest BCUT2D eigenvalue weighted by atomic mass is 35.5. The van der Waals surface area contributed by atoms with Crippen molar-refractivity contribution >= 4 is 23.3 Å². The minimum atomic E-state index is -0.924. The van der Waals surface area contributed by atoms with E-state index in [0.29, 0.717) is 11.3 Å². The number of carbonyl (C=O) groups excluding carboxylic acids is 1. The summed E-state index contributed by atoms with van der Waals surface area (Å²) in [6, 6.07) is 5.68. The fourth-order valence-electron chi connectivity index (χ4n) is 1.38. The third-order valence-corrected chi connectivity index (χ3v) is 2.66. The second-order valence-corrected chi connectivity index (χ2v) is 4.10. The molecule has 0 aromatic heterocycles. The Morgan fingerprint density at radius 2 is 2.28 bits per heavy atom. The van der Waals surface area contributed by atoms with Gasteiger partial charge in [0.1, 0.15) is 6.07 Å². The minimum Gasteiger partial charge on any atom is -0.467 e. The summed E-state index contributed by atoms with van der Waals surface area (Å²) in [6.07, 6.45) is -0.924. The number of nitriles is 1. The number of methoxy groups -OCH3 is 1. The molecule has 2 atom stereocenters. The highest BCUT2D eigenvalue weighted by molar-refractivity contribution is 6.32. The van der Waals surface area contributed by atoms with E-state index < -0.39 is 18.1 Å². The number of ether oxygens (including phenoxy) is 1. The Hall–Kier alpha value is -1.77. The molecule has 0 spiro atoms. The molecule has 0 aliphatic rings. The average molecular weight is 269 g/mol. The van der Waals surface area contributed by atoms with Crippen LogP contribution < -0.4 is 5.32 Å². The number of hydrogen-bond acceptors (Lipinski definition) is 5. The summed E-state index contributed by atoms with van der Waals surface area (Å²) < 4.78 is 4.57. The lowest BCUT2D eigenvalue weighted by Crippen LogP contribution is -2.39. The lowest BCUT2D eigenvalue weighted by Gasteiger charge is -2.20. The van der Waals surface area contributed by atoms with Crippen LogP contribution in [-0.4, -0.2) is 30.3 Å². The second-order valence-electron chi connectivity index (χ2n) is 3.69. The second kappa shape index (κ2) is 6.24. The van der Waals surface area contributed by atoms with Gasteiger partial charge in [-0.15, -0.1) is 0 Å². The van der Waals surface area contributed by atoms with Crippen LogP contribution in [0.1, 0.15) is 12.5 Å². The molecule has 1 aromatic rings. The fraction of sp³-hybridized carbons (Fsp3) is 0.333. The van der Waals surface area contributed by atoms with Gasteiger partial charge in [0.15, 0.2) is 6.04 Å². The van der Waals surface area contributed by atoms with Gasteiger partial charge in [0.25, 0.3) is 0 Å². The molecule has 1 aromatic carbocycles. The molecule has 18 heavy (non-hydrogen) atoms. The van der Waals surface area contributed by atoms with Crippen molar-refractivity contribution in [2.24, 2.45) is 0 Å². The molecule has 6 heteroatoms. The molecule has 1 rings (SSSR count). The van der Waals surface area contributed by atoms with E-state index in [9.17, 15) is 9.90 Å². The molecular formula is C12H13ClN2O3. The standard InChI is InChI=1S/C12H13ClN2O3/c1-7(16)11(12(17)18-2)15-9-4-3-8(6-14)10(13)5-9/h3-5,7,11,15-16H,1-2H3. The molecule has 0 heterocycles. The first-order valence-corrected chi connectivity index (χ1v) is 5.59. The van der Waals surface area contributed by atoms with Gasteiger partial charge >= 0.3 is 5.97 Å². The Balaban J connectivity index is 2.92. The van der Waals surface area contributed by atoms with Crippen molar-refractivity contribution in [1.29, 1.82) is 5.26 Å². The molecular weight excluding hydrogens is 256 g/mol. The van der Waals surface area contributed by atoms with Crippen molar-refractivity contribution in [2.75, 3.05) is 12.4 Å². The molecule has 0 aliphatic carbocycles. The summed E-state index contributed by atoms with van der Waals surface area (Å²) >= 11 is 5.86. The number of rotatable bonds is 4. The van der Waals surface area contributed by atoms with Crippen molar-refractivity contribution in [3.63, 3.8) is 0 Å². The largest absolute Gasteiger partial charge is 0.467 e. The maximum atomic E-state index is 11.4. The van der Waals surface area contributed by atoms with E-state index in [2.05, 4.69) is 10.1 Å². The Morgan fingerprint density at radius 1 is 1.61 bits per heavy atom. The summed E-state index contributed by atoms with van der Waals surface area (Å²) in [5, 5.41) is 21.3. The first-order chi connectivity index (χ1) is 8.49. The van der Waals surface area contributed by atoms with Gasteiger partial charge < -0.3 is 15.2 Å². The van der Waals surface area contributed by atoms with Crippen molar-refractivity contribution in [1.82, 2.24) is 0 Å². The molecule has 0 amide bonds. The third kappa shape index (κ3) is 3.36. The number of hydrogen-bond donors (Lipinski definition) is 2. The van der Waals surface area contributed by atoms with Gasteiger partial charge in [-0.2, -0.15) is 5.26 Å². The number of esters is 1. The van der Waals surface area contributed by atoms with Gasteiger partial charge in [-0.3, -0.25) is 0 Å². The van der Waals surface area contributed by atoms with Gasteiger partial charge in [0.05, 0.1) is 23.8 Å². The van der Waals surface area contributed by atoms with Crippen LogP contribution in [0.15, 0.2) is 18.2 Å². The van der Waals surface area contributed by atoms with Gasteiger partial charge in [-0.25, -0.2) is 4.79 Å². The van der Waals surface area contributed by atoms with Gasteiger partial charge in [-0.1, -0.05) is 11.6 Å². The zero-order valence-electron chi connectivity index (χ0n) is 9.98. The Labute approximate surface area is 110 Å². The molecule has 0 radical (unpaired) electrons. The SMILES string of the molecule is COC(=O)C(Nc1ccc(C#N)c(Cl)c1)C(C)O. The van der Waals surface area contributed by atoms with E-state index in [1.807, 2.05) is 6.07 Å². The monoisotopic (exact) mass is 268 g/mol. The number of carbonyl (C=O) groups is 1. The molecule has 0 aliphatic heterocycles. The van der Waals surface area contributed by atoms with Crippen LogP contribution in [0.25, 0.3) is 0 Å². The summed E-state index contributed by atoms with van der Waals surface area (Å²) in [5.74, 6) is -0.578. The van der Waals surface area contributed by atoms with Crippen LogP contribution >= 0.6 is 11.6 Å². The number of nitrogens with zero attached hydrogens (tertiary/aromatic N) is 1. The third-order valence-electron chi connectivity index (χ3n) is 2.35. The van der Waals surface area contributed by atoms with Crippen LogP contribution in [0.3, 0.4) is 0 Å². The summed E-state index contributed by atoms with van der Waals surface area (Å²) in [7, 11) is 1.24. The van der Waals surface area contributed by atoms with Gasteiger partial charge in [0, 0.05) is 5.69 Å². The van der Waals surface area contributed by atoms with E-state index in [-0.39, 0.29) is 5.02 Å². The molecule has 0 fully saturated rings.